The lowest BCUT2D eigenvalue weighted by atomic mass is 10.6. The van der Waals surface area contributed by atoms with Gasteiger partial charge in [-0.05, 0) is 0 Å². The van der Waals surface area contributed by atoms with Crippen molar-refractivity contribution in [3.63, 3.8) is 0 Å². The average molecular weight is 628 g/mol. The number of phosphoric acid groups is 3. The minimum atomic E-state index is -5.27. The summed E-state index contributed by atoms with van der Waals surface area (Å²) in [6.07, 6.45) is 0. The molecular formula is C10H34O18P6. The summed E-state index contributed by atoms with van der Waals surface area (Å²) in [5.74, 6) is 0. The van der Waals surface area contributed by atoms with Crippen molar-refractivity contribution >= 4 is 46.3 Å². The molecule has 0 aliphatic rings. The highest BCUT2D eigenvalue weighted by Crippen LogP contribution is 2.67. The van der Waals surface area contributed by atoms with Crippen LogP contribution in [-0.2, 0) is 40.3 Å². The van der Waals surface area contributed by atoms with Gasteiger partial charge in [-0.3, -0.25) is 13.7 Å². The molecule has 0 fully saturated rings. The van der Waals surface area contributed by atoms with E-state index in [1.165, 1.54) is 41.5 Å². The molecule has 3 unspecified atom stereocenters. The summed E-state index contributed by atoms with van der Waals surface area (Å²) < 4.78 is 73.8. The molecule has 0 bridgehead atoms. The SMILES string of the molecule is C.CC(C)P(=O)(O)O.CC(C)P(=O)(O)OP(=O)(O)O.CC(C)P(=O)(O)OP(=O)(O)OP(=O)(O)O. The van der Waals surface area contributed by atoms with E-state index in [-0.39, 0.29) is 7.43 Å². The van der Waals surface area contributed by atoms with Gasteiger partial charge >= 0.3 is 46.3 Å². The highest BCUT2D eigenvalue weighted by atomic mass is 31.3. The molecule has 9 N–H and O–H groups in total. The van der Waals surface area contributed by atoms with Crippen molar-refractivity contribution < 1.29 is 84.4 Å². The van der Waals surface area contributed by atoms with Crippen molar-refractivity contribution in [1.29, 1.82) is 0 Å². The first kappa shape index (κ1) is 42.0. The van der Waals surface area contributed by atoms with E-state index >= 15 is 0 Å². The first-order valence-electron chi connectivity index (χ1n) is 8.23. The summed E-state index contributed by atoms with van der Waals surface area (Å²) in [6, 6.07) is 0. The highest BCUT2D eigenvalue weighted by Gasteiger charge is 2.40. The van der Waals surface area contributed by atoms with Gasteiger partial charge in [0.05, 0.1) is 17.0 Å². The molecule has 18 nitrogen and oxygen atoms in total. The third-order valence-corrected chi connectivity index (χ3v) is 11.8. The Morgan fingerprint density at radius 1 is 0.471 bits per heavy atom. The topological polar surface area (TPSA) is 312 Å². The van der Waals surface area contributed by atoms with Crippen LogP contribution in [0.4, 0.5) is 0 Å². The van der Waals surface area contributed by atoms with Crippen molar-refractivity contribution in [2.24, 2.45) is 0 Å². The van der Waals surface area contributed by atoms with Crippen LogP contribution in [-0.4, -0.2) is 61.0 Å². The predicted molar refractivity (Wildman–Crippen MR) is 121 cm³/mol. The van der Waals surface area contributed by atoms with Crippen LogP contribution in [0.2, 0.25) is 0 Å². The Morgan fingerprint density at radius 2 is 0.706 bits per heavy atom. The quantitative estimate of drug-likeness (QED) is 0.166. The van der Waals surface area contributed by atoms with E-state index < -0.39 is 63.2 Å². The Kier molecular flexibility index (Phi) is 19.0. The standard InChI is InChI=1S/C3H11O9P3.C3H10O6P2.C3H9O3P.CH4/c1-3(2)13(4,5)11-15(9,10)12-14(6,7)8;1-3(2)10(4,5)9-11(6,7)8;1-3(2)7(4,5)6;/h3H,1-2H3,(H,4,5)(H,9,10)(H2,6,7,8);3H,1-2H3,(H,4,5)(H2,6,7,8);3H,1-2H3,(H2,4,5,6);1H4. The first-order valence-corrected chi connectivity index (χ1v) is 17.8. The predicted octanol–water partition coefficient (Wildman–Crippen LogP) is 2.70. The van der Waals surface area contributed by atoms with E-state index in [9.17, 15) is 27.4 Å². The van der Waals surface area contributed by atoms with Crippen LogP contribution in [0.25, 0.3) is 0 Å². The molecule has 0 radical (unpaired) electrons. The fraction of sp³-hybridized carbons (Fsp3) is 1.00. The Morgan fingerprint density at radius 3 is 0.853 bits per heavy atom. The second-order valence-electron chi connectivity index (χ2n) is 6.69. The maximum absolute atomic E-state index is 11.1. The minimum absolute atomic E-state index is 0. The maximum Gasteiger partial charge on any atom is 0.488 e. The molecule has 3 atom stereocenters. The summed E-state index contributed by atoms with van der Waals surface area (Å²) in [6.45, 7) is 8.07. The van der Waals surface area contributed by atoms with Crippen LogP contribution < -0.4 is 0 Å². The number of rotatable bonds is 9. The normalized spacial score (nSPS) is 17.8. The lowest BCUT2D eigenvalue weighted by Gasteiger charge is -2.18. The highest BCUT2D eigenvalue weighted by molar-refractivity contribution is 7.68. The van der Waals surface area contributed by atoms with Gasteiger partial charge in [-0.2, -0.15) is 4.31 Å². The molecule has 34 heavy (non-hydrogen) atoms. The molecule has 0 saturated heterocycles. The van der Waals surface area contributed by atoms with Crippen LogP contribution >= 0.6 is 46.3 Å². The van der Waals surface area contributed by atoms with E-state index in [2.05, 4.69) is 12.9 Å². The molecule has 0 saturated carbocycles. The summed E-state index contributed by atoms with van der Waals surface area (Å²) in [4.78, 5) is 75.6. The molecular weight excluding hydrogens is 594 g/mol. The molecule has 0 aromatic carbocycles. The van der Waals surface area contributed by atoms with E-state index in [0.717, 1.165) is 0 Å². The Hall–Kier alpha value is 0.900. The number of hydrogen-bond acceptors (Lipinski definition) is 9. The second-order valence-corrected chi connectivity index (χ2v) is 18.1. The zero-order chi connectivity index (χ0) is 27.9. The van der Waals surface area contributed by atoms with E-state index in [1.807, 2.05) is 0 Å². The summed E-state index contributed by atoms with van der Waals surface area (Å²) in [5.41, 5.74) is -2.37. The molecule has 212 valence electrons. The van der Waals surface area contributed by atoms with Gasteiger partial charge in [-0.15, -0.1) is 0 Å². The molecule has 0 heterocycles. The Bertz CT molecular complexity index is 878. The zero-order valence-corrected chi connectivity index (χ0v) is 23.5. The van der Waals surface area contributed by atoms with Crippen molar-refractivity contribution in [3.05, 3.63) is 0 Å². The van der Waals surface area contributed by atoms with Gasteiger partial charge in [0.1, 0.15) is 0 Å². The summed E-state index contributed by atoms with van der Waals surface area (Å²) in [7, 11) is -27.7. The molecule has 0 aromatic heterocycles. The van der Waals surface area contributed by atoms with E-state index in [4.69, 9.17) is 44.0 Å². The molecule has 0 aliphatic carbocycles. The number of hydrogen-bond donors (Lipinski definition) is 9. The van der Waals surface area contributed by atoms with Gasteiger partial charge in [0, 0.05) is 0 Å². The van der Waals surface area contributed by atoms with Gasteiger partial charge < -0.3 is 44.0 Å². The third kappa shape index (κ3) is 24.6. The summed E-state index contributed by atoms with van der Waals surface area (Å²) in [5, 5.41) is 0. The minimum Gasteiger partial charge on any atom is -0.324 e. The van der Waals surface area contributed by atoms with Crippen molar-refractivity contribution in [2.45, 2.75) is 65.9 Å². The van der Waals surface area contributed by atoms with Gasteiger partial charge in [0.2, 0.25) is 0 Å². The van der Waals surface area contributed by atoms with E-state index in [1.54, 1.807) is 0 Å². The van der Waals surface area contributed by atoms with E-state index in [0.29, 0.717) is 0 Å². The van der Waals surface area contributed by atoms with Crippen LogP contribution in [0.5, 0.6) is 0 Å². The summed E-state index contributed by atoms with van der Waals surface area (Å²) >= 11 is 0. The van der Waals surface area contributed by atoms with Gasteiger partial charge in [-0.25, -0.2) is 22.3 Å². The van der Waals surface area contributed by atoms with Gasteiger partial charge in [0.25, 0.3) is 0 Å². The third-order valence-electron chi connectivity index (χ3n) is 2.63. The van der Waals surface area contributed by atoms with Crippen molar-refractivity contribution in [2.75, 3.05) is 0 Å². The second kappa shape index (κ2) is 15.3. The van der Waals surface area contributed by atoms with Gasteiger partial charge in [-0.1, -0.05) is 49.0 Å². The molecule has 0 spiro atoms. The molecule has 0 rings (SSSR count). The molecule has 24 heteroatoms. The zero-order valence-electron chi connectivity index (χ0n) is 18.1. The molecule has 0 amide bonds. The van der Waals surface area contributed by atoms with Crippen LogP contribution in [0.15, 0.2) is 0 Å². The average Bonchev–Trinajstić information content (AvgIpc) is 2.40. The largest absolute Gasteiger partial charge is 0.488 e. The lowest BCUT2D eigenvalue weighted by molar-refractivity contribution is 0.221. The molecule has 0 aromatic rings. The van der Waals surface area contributed by atoms with Gasteiger partial charge in [0.15, 0.2) is 0 Å². The van der Waals surface area contributed by atoms with Crippen LogP contribution in [0.1, 0.15) is 49.0 Å². The Labute approximate surface area is 197 Å². The van der Waals surface area contributed by atoms with Crippen LogP contribution in [0.3, 0.4) is 0 Å². The maximum atomic E-state index is 11.1. The lowest BCUT2D eigenvalue weighted by Crippen LogP contribution is -2.01. The van der Waals surface area contributed by atoms with Crippen molar-refractivity contribution in [1.82, 2.24) is 0 Å². The smallest absolute Gasteiger partial charge is 0.324 e. The van der Waals surface area contributed by atoms with Crippen molar-refractivity contribution in [3.8, 4) is 0 Å². The Balaban J connectivity index is -0.000000209. The first-order chi connectivity index (χ1) is 14.0. The fourth-order valence-corrected chi connectivity index (χ4v) is 6.01. The fourth-order valence-electron chi connectivity index (χ4n) is 0.638. The molecule has 0 aliphatic heterocycles. The monoisotopic (exact) mass is 628 g/mol. The van der Waals surface area contributed by atoms with Crippen LogP contribution in [0, 0.1) is 0 Å².